The van der Waals surface area contributed by atoms with E-state index >= 15 is 0 Å². The highest BCUT2D eigenvalue weighted by Gasteiger charge is 2.32. The predicted octanol–water partition coefficient (Wildman–Crippen LogP) is 3.02. The van der Waals surface area contributed by atoms with E-state index in [0.717, 1.165) is 6.07 Å². The van der Waals surface area contributed by atoms with Crippen molar-refractivity contribution < 1.29 is 22.6 Å². The molecule has 1 aromatic heterocycles. The maximum atomic E-state index is 12.3. The third kappa shape index (κ3) is 3.98. The molecule has 2 aromatic rings. The second-order valence-corrected chi connectivity index (χ2v) is 3.98. The summed E-state index contributed by atoms with van der Waals surface area (Å²) in [5.41, 5.74) is 6.09. The molecule has 0 unspecified atom stereocenters. The monoisotopic (exact) mass is 299 g/mol. The number of nitrogens with zero attached hydrogens (tertiary/aromatic N) is 2. The fraction of sp³-hybridized carbons (Fsp3) is 0.231. The molecule has 112 valence electrons. The van der Waals surface area contributed by atoms with Crippen LogP contribution in [-0.4, -0.2) is 22.9 Å². The van der Waals surface area contributed by atoms with Crippen molar-refractivity contribution in [3.05, 3.63) is 30.6 Å². The van der Waals surface area contributed by atoms with Crippen LogP contribution < -0.4 is 15.2 Å². The molecule has 0 aliphatic heterocycles. The lowest BCUT2D eigenvalue weighted by Crippen LogP contribution is -2.18. The van der Waals surface area contributed by atoms with Crippen LogP contribution in [0.1, 0.15) is 6.92 Å². The maximum Gasteiger partial charge on any atom is 0.573 e. The van der Waals surface area contributed by atoms with Crippen LogP contribution in [0.15, 0.2) is 30.6 Å². The van der Waals surface area contributed by atoms with Crippen LogP contribution in [0.25, 0.3) is 11.3 Å². The number of alkyl halides is 3. The van der Waals surface area contributed by atoms with Crippen molar-refractivity contribution in [1.82, 2.24) is 9.97 Å². The molecule has 2 rings (SSSR count). The van der Waals surface area contributed by atoms with Gasteiger partial charge in [-0.05, 0) is 19.1 Å². The van der Waals surface area contributed by atoms with Gasteiger partial charge in [0.15, 0.2) is 5.75 Å². The van der Waals surface area contributed by atoms with Crippen molar-refractivity contribution in [2.45, 2.75) is 13.3 Å². The second kappa shape index (κ2) is 5.86. The molecule has 5 nitrogen and oxygen atoms in total. The first-order valence-electron chi connectivity index (χ1n) is 5.99. The summed E-state index contributed by atoms with van der Waals surface area (Å²) in [6.45, 7) is 2.19. The molecule has 0 bridgehead atoms. The Morgan fingerprint density at radius 3 is 2.67 bits per heavy atom. The molecule has 0 saturated heterocycles. The quantitative estimate of drug-likeness (QED) is 0.879. The zero-order valence-corrected chi connectivity index (χ0v) is 11.0. The van der Waals surface area contributed by atoms with Crippen molar-refractivity contribution >= 4 is 5.69 Å². The third-order valence-corrected chi connectivity index (χ3v) is 2.44. The van der Waals surface area contributed by atoms with Gasteiger partial charge in [-0.2, -0.15) is 0 Å². The zero-order valence-electron chi connectivity index (χ0n) is 11.0. The van der Waals surface area contributed by atoms with Gasteiger partial charge < -0.3 is 15.2 Å². The Labute approximate surface area is 118 Å². The van der Waals surface area contributed by atoms with E-state index in [1.165, 1.54) is 24.5 Å². The number of aromatic nitrogens is 2. The van der Waals surface area contributed by atoms with Gasteiger partial charge in [0.25, 0.3) is 0 Å². The van der Waals surface area contributed by atoms with Crippen LogP contribution in [0.3, 0.4) is 0 Å². The molecule has 8 heteroatoms. The first-order chi connectivity index (χ1) is 9.89. The normalized spacial score (nSPS) is 11.2. The first-order valence-corrected chi connectivity index (χ1v) is 5.99. The lowest BCUT2D eigenvalue weighted by atomic mass is 10.1. The number of halogens is 3. The Bertz CT molecular complexity index is 632. The van der Waals surface area contributed by atoms with Gasteiger partial charge in [0.2, 0.25) is 5.88 Å². The number of anilines is 1. The van der Waals surface area contributed by atoms with E-state index in [0.29, 0.717) is 17.9 Å². The van der Waals surface area contributed by atoms with Gasteiger partial charge in [0.1, 0.15) is 0 Å². The summed E-state index contributed by atoms with van der Waals surface area (Å²) < 4.78 is 45.9. The van der Waals surface area contributed by atoms with E-state index < -0.39 is 12.1 Å². The molecule has 2 N–H and O–H groups in total. The molecule has 1 aromatic carbocycles. The van der Waals surface area contributed by atoms with Crippen LogP contribution in [0.2, 0.25) is 0 Å². The van der Waals surface area contributed by atoms with Crippen LogP contribution in [0.5, 0.6) is 11.6 Å². The van der Waals surface area contributed by atoms with Gasteiger partial charge in [-0.25, -0.2) is 4.98 Å². The molecule has 1 heterocycles. The van der Waals surface area contributed by atoms with E-state index in [9.17, 15) is 13.2 Å². The molecule has 0 aliphatic rings. The van der Waals surface area contributed by atoms with Gasteiger partial charge in [-0.1, -0.05) is 6.07 Å². The summed E-state index contributed by atoms with van der Waals surface area (Å²) >= 11 is 0. The summed E-state index contributed by atoms with van der Waals surface area (Å²) in [7, 11) is 0. The Kier molecular flexibility index (Phi) is 4.15. The van der Waals surface area contributed by atoms with E-state index in [4.69, 9.17) is 10.5 Å². The zero-order chi connectivity index (χ0) is 15.5. The minimum Gasteiger partial charge on any atom is -0.477 e. The first kappa shape index (κ1) is 14.9. The number of rotatable bonds is 4. The number of nitrogen functional groups attached to an aromatic ring is 1. The van der Waals surface area contributed by atoms with Gasteiger partial charge >= 0.3 is 6.36 Å². The van der Waals surface area contributed by atoms with E-state index in [1.54, 1.807) is 6.92 Å². The standard InChI is InChI=1S/C13H12F3N3O2/c1-2-20-12-7-18-6-10(19-12)8-3-4-9(17)11(5-8)21-13(14,15)16/h3-7H,2,17H2,1H3. The lowest BCUT2D eigenvalue weighted by molar-refractivity contribution is -0.274. The second-order valence-electron chi connectivity index (χ2n) is 3.98. The van der Waals surface area contributed by atoms with E-state index in [2.05, 4.69) is 14.7 Å². The molecule has 0 fully saturated rings. The van der Waals surface area contributed by atoms with E-state index in [1.807, 2.05) is 0 Å². The van der Waals surface area contributed by atoms with Crippen molar-refractivity contribution in [3.8, 4) is 22.9 Å². The minimum absolute atomic E-state index is 0.120. The van der Waals surface area contributed by atoms with Crippen LogP contribution in [-0.2, 0) is 0 Å². The average Bonchev–Trinajstić information content (AvgIpc) is 2.40. The Balaban J connectivity index is 2.36. The number of benzene rings is 1. The molecule has 0 atom stereocenters. The van der Waals surface area contributed by atoms with Crippen molar-refractivity contribution in [3.63, 3.8) is 0 Å². The molecular weight excluding hydrogens is 287 g/mol. The summed E-state index contributed by atoms with van der Waals surface area (Å²) in [5, 5.41) is 0. The molecule has 0 saturated carbocycles. The fourth-order valence-corrected chi connectivity index (χ4v) is 1.61. The fourth-order valence-electron chi connectivity index (χ4n) is 1.61. The third-order valence-electron chi connectivity index (χ3n) is 2.44. The Morgan fingerprint density at radius 1 is 1.24 bits per heavy atom. The highest BCUT2D eigenvalue weighted by atomic mass is 19.4. The summed E-state index contributed by atoms with van der Waals surface area (Å²) in [5.74, 6) is -0.200. The summed E-state index contributed by atoms with van der Waals surface area (Å²) in [6.07, 6.45) is -1.99. The molecule has 0 amide bonds. The number of hydrogen-bond acceptors (Lipinski definition) is 5. The predicted molar refractivity (Wildman–Crippen MR) is 69.7 cm³/mol. The summed E-state index contributed by atoms with van der Waals surface area (Å²) in [6, 6.07) is 3.99. The average molecular weight is 299 g/mol. The number of ether oxygens (including phenoxy) is 2. The summed E-state index contributed by atoms with van der Waals surface area (Å²) in [4.78, 5) is 8.06. The van der Waals surface area contributed by atoms with Crippen LogP contribution >= 0.6 is 0 Å². The van der Waals surface area contributed by atoms with Gasteiger partial charge in [-0.15, -0.1) is 13.2 Å². The van der Waals surface area contributed by atoms with Gasteiger partial charge in [0, 0.05) is 5.56 Å². The van der Waals surface area contributed by atoms with Crippen molar-refractivity contribution in [1.29, 1.82) is 0 Å². The maximum absolute atomic E-state index is 12.3. The van der Waals surface area contributed by atoms with Crippen molar-refractivity contribution in [2.75, 3.05) is 12.3 Å². The van der Waals surface area contributed by atoms with Gasteiger partial charge in [-0.3, -0.25) is 4.98 Å². The largest absolute Gasteiger partial charge is 0.573 e. The molecule has 0 aliphatic carbocycles. The van der Waals surface area contributed by atoms with Crippen molar-refractivity contribution in [2.24, 2.45) is 0 Å². The van der Waals surface area contributed by atoms with Crippen LogP contribution in [0, 0.1) is 0 Å². The SMILES string of the molecule is CCOc1cncc(-c2ccc(N)c(OC(F)(F)F)c2)n1. The van der Waals surface area contributed by atoms with E-state index in [-0.39, 0.29) is 11.6 Å². The number of hydrogen-bond donors (Lipinski definition) is 1. The Hall–Kier alpha value is -2.51. The lowest BCUT2D eigenvalue weighted by Gasteiger charge is -2.12. The molecule has 21 heavy (non-hydrogen) atoms. The Morgan fingerprint density at radius 2 is 2.00 bits per heavy atom. The number of nitrogens with two attached hydrogens (primary N) is 1. The highest BCUT2D eigenvalue weighted by Crippen LogP contribution is 2.32. The van der Waals surface area contributed by atoms with Crippen LogP contribution in [0.4, 0.5) is 18.9 Å². The van der Waals surface area contributed by atoms with Gasteiger partial charge in [0.05, 0.1) is 30.4 Å². The molecule has 0 spiro atoms. The smallest absolute Gasteiger partial charge is 0.477 e. The highest BCUT2D eigenvalue weighted by molar-refractivity contribution is 5.67. The molecular formula is C13H12F3N3O2. The topological polar surface area (TPSA) is 70.3 Å². The molecule has 0 radical (unpaired) electrons. The minimum atomic E-state index is -4.81.